The third-order valence-electron chi connectivity index (χ3n) is 3.04. The minimum absolute atomic E-state index is 0.0705. The van der Waals surface area contributed by atoms with E-state index >= 15 is 0 Å². The Balaban J connectivity index is 2.05. The summed E-state index contributed by atoms with van der Waals surface area (Å²) in [4.78, 5) is 0. The van der Waals surface area contributed by atoms with Gasteiger partial charge in [0.2, 0.25) is 0 Å². The monoisotopic (exact) mass is 247 g/mol. The third kappa shape index (κ3) is 2.99. The zero-order valence-electron chi connectivity index (χ0n) is 10.9. The van der Waals surface area contributed by atoms with Crippen LogP contribution in [0.2, 0.25) is 0 Å². The van der Waals surface area contributed by atoms with E-state index in [2.05, 4.69) is 5.32 Å². The average Bonchev–Trinajstić information content (AvgIpc) is 2.76. The standard InChI is InChI=1S/C15H18FNO/c1-10-7-8-15(18-10)12(3)17-11(2)13-5-4-6-14(16)9-13/h4-9,11-12,17H,1-3H3. The molecule has 0 aliphatic carbocycles. The van der Waals surface area contributed by atoms with Crippen molar-refractivity contribution in [2.24, 2.45) is 0 Å². The second-order valence-corrected chi connectivity index (χ2v) is 4.61. The van der Waals surface area contributed by atoms with E-state index in [0.717, 1.165) is 17.1 Å². The molecule has 0 aliphatic rings. The van der Waals surface area contributed by atoms with Crippen LogP contribution in [-0.2, 0) is 0 Å². The molecule has 0 aliphatic heterocycles. The Morgan fingerprint density at radius 1 is 1.11 bits per heavy atom. The van der Waals surface area contributed by atoms with E-state index in [1.807, 2.05) is 39.0 Å². The van der Waals surface area contributed by atoms with Gasteiger partial charge in [0.25, 0.3) is 0 Å². The number of rotatable bonds is 4. The van der Waals surface area contributed by atoms with Crippen molar-refractivity contribution < 1.29 is 8.81 Å². The highest BCUT2D eigenvalue weighted by atomic mass is 19.1. The van der Waals surface area contributed by atoms with Gasteiger partial charge >= 0.3 is 0 Å². The number of aryl methyl sites for hydroxylation is 1. The summed E-state index contributed by atoms with van der Waals surface area (Å²) >= 11 is 0. The molecule has 0 amide bonds. The van der Waals surface area contributed by atoms with Crippen molar-refractivity contribution in [3.8, 4) is 0 Å². The number of benzene rings is 1. The summed E-state index contributed by atoms with van der Waals surface area (Å²) < 4.78 is 18.7. The van der Waals surface area contributed by atoms with Crippen LogP contribution >= 0.6 is 0 Å². The van der Waals surface area contributed by atoms with Crippen LogP contribution < -0.4 is 5.32 Å². The number of hydrogen-bond donors (Lipinski definition) is 1. The predicted molar refractivity (Wildman–Crippen MR) is 69.8 cm³/mol. The summed E-state index contributed by atoms with van der Waals surface area (Å²) in [6.45, 7) is 5.97. The fraction of sp³-hybridized carbons (Fsp3) is 0.333. The van der Waals surface area contributed by atoms with E-state index in [9.17, 15) is 4.39 Å². The topological polar surface area (TPSA) is 25.2 Å². The number of furan rings is 1. The highest BCUT2D eigenvalue weighted by Gasteiger charge is 2.13. The van der Waals surface area contributed by atoms with Crippen LogP contribution in [-0.4, -0.2) is 0 Å². The maximum Gasteiger partial charge on any atom is 0.123 e. The molecule has 96 valence electrons. The molecule has 0 spiro atoms. The van der Waals surface area contributed by atoms with E-state index in [0.29, 0.717) is 0 Å². The second kappa shape index (κ2) is 5.36. The van der Waals surface area contributed by atoms with Gasteiger partial charge in [0.15, 0.2) is 0 Å². The lowest BCUT2D eigenvalue weighted by molar-refractivity contribution is 0.392. The minimum Gasteiger partial charge on any atom is -0.465 e. The van der Waals surface area contributed by atoms with Crippen molar-refractivity contribution in [2.45, 2.75) is 32.9 Å². The Morgan fingerprint density at radius 3 is 2.50 bits per heavy atom. The number of nitrogens with one attached hydrogen (secondary N) is 1. The lowest BCUT2D eigenvalue weighted by Gasteiger charge is -2.19. The van der Waals surface area contributed by atoms with Crippen molar-refractivity contribution >= 4 is 0 Å². The van der Waals surface area contributed by atoms with Gasteiger partial charge in [0.05, 0.1) is 6.04 Å². The molecule has 0 bridgehead atoms. The highest BCUT2D eigenvalue weighted by molar-refractivity contribution is 5.20. The first-order valence-electron chi connectivity index (χ1n) is 6.14. The SMILES string of the molecule is Cc1ccc(C(C)NC(C)c2cccc(F)c2)o1. The molecule has 2 unspecified atom stereocenters. The fourth-order valence-electron chi connectivity index (χ4n) is 2.02. The summed E-state index contributed by atoms with van der Waals surface area (Å²) in [5, 5.41) is 3.39. The molecule has 2 atom stereocenters. The molecule has 2 nitrogen and oxygen atoms in total. The van der Waals surface area contributed by atoms with Crippen molar-refractivity contribution in [3.05, 3.63) is 59.3 Å². The zero-order chi connectivity index (χ0) is 13.1. The van der Waals surface area contributed by atoms with Gasteiger partial charge in [-0.3, -0.25) is 0 Å². The normalized spacial score (nSPS) is 14.4. The minimum atomic E-state index is -0.206. The molecular weight excluding hydrogens is 229 g/mol. The van der Waals surface area contributed by atoms with Gasteiger partial charge in [-0.05, 0) is 50.6 Å². The number of hydrogen-bond acceptors (Lipinski definition) is 2. The van der Waals surface area contributed by atoms with E-state index in [-0.39, 0.29) is 17.9 Å². The first kappa shape index (κ1) is 12.8. The molecule has 18 heavy (non-hydrogen) atoms. The Kier molecular flexibility index (Phi) is 3.82. The number of halogens is 1. The van der Waals surface area contributed by atoms with Gasteiger partial charge in [0.1, 0.15) is 17.3 Å². The molecule has 3 heteroatoms. The molecule has 1 aromatic heterocycles. The molecule has 1 heterocycles. The first-order chi connectivity index (χ1) is 8.56. The van der Waals surface area contributed by atoms with E-state index in [1.165, 1.54) is 6.07 Å². The van der Waals surface area contributed by atoms with Crippen LogP contribution in [0.15, 0.2) is 40.8 Å². The van der Waals surface area contributed by atoms with Gasteiger partial charge in [-0.15, -0.1) is 0 Å². The summed E-state index contributed by atoms with van der Waals surface area (Å²) in [5.74, 6) is 1.59. The maximum absolute atomic E-state index is 13.1. The molecule has 0 saturated carbocycles. The first-order valence-corrected chi connectivity index (χ1v) is 6.14. The zero-order valence-corrected chi connectivity index (χ0v) is 10.9. The fourth-order valence-corrected chi connectivity index (χ4v) is 2.02. The highest BCUT2D eigenvalue weighted by Crippen LogP contribution is 2.21. The second-order valence-electron chi connectivity index (χ2n) is 4.61. The molecule has 2 aromatic rings. The van der Waals surface area contributed by atoms with Crippen molar-refractivity contribution in [2.75, 3.05) is 0 Å². The van der Waals surface area contributed by atoms with Crippen LogP contribution in [0, 0.1) is 12.7 Å². The quantitative estimate of drug-likeness (QED) is 0.878. The van der Waals surface area contributed by atoms with Crippen LogP contribution in [0.5, 0.6) is 0 Å². The Labute approximate surface area is 107 Å². The maximum atomic E-state index is 13.1. The molecule has 1 N–H and O–H groups in total. The van der Waals surface area contributed by atoms with Crippen LogP contribution in [0.25, 0.3) is 0 Å². The van der Waals surface area contributed by atoms with Crippen LogP contribution in [0.1, 0.15) is 43.0 Å². The molecule has 0 saturated heterocycles. The predicted octanol–water partition coefficient (Wildman–Crippen LogP) is 4.14. The summed E-state index contributed by atoms with van der Waals surface area (Å²) in [7, 11) is 0. The largest absolute Gasteiger partial charge is 0.465 e. The van der Waals surface area contributed by atoms with Gasteiger partial charge in [-0.2, -0.15) is 0 Å². The van der Waals surface area contributed by atoms with Gasteiger partial charge < -0.3 is 9.73 Å². The molecule has 1 aromatic carbocycles. The van der Waals surface area contributed by atoms with Crippen molar-refractivity contribution in [1.82, 2.24) is 5.32 Å². The Hall–Kier alpha value is -1.61. The summed E-state index contributed by atoms with van der Waals surface area (Å²) in [5.41, 5.74) is 0.935. The van der Waals surface area contributed by atoms with E-state index in [4.69, 9.17) is 4.42 Å². The van der Waals surface area contributed by atoms with Crippen molar-refractivity contribution in [3.63, 3.8) is 0 Å². The lowest BCUT2D eigenvalue weighted by Crippen LogP contribution is -2.22. The Bertz CT molecular complexity index is 521. The van der Waals surface area contributed by atoms with Crippen LogP contribution in [0.4, 0.5) is 4.39 Å². The summed E-state index contributed by atoms with van der Waals surface area (Å²) in [6, 6.07) is 10.7. The van der Waals surface area contributed by atoms with Crippen LogP contribution in [0.3, 0.4) is 0 Å². The van der Waals surface area contributed by atoms with Gasteiger partial charge in [-0.25, -0.2) is 4.39 Å². The average molecular weight is 247 g/mol. The van der Waals surface area contributed by atoms with Gasteiger partial charge in [0, 0.05) is 6.04 Å². The van der Waals surface area contributed by atoms with E-state index in [1.54, 1.807) is 12.1 Å². The Morgan fingerprint density at radius 2 is 1.89 bits per heavy atom. The van der Waals surface area contributed by atoms with Crippen molar-refractivity contribution in [1.29, 1.82) is 0 Å². The molecule has 2 rings (SSSR count). The molecule has 0 radical (unpaired) electrons. The molecular formula is C15H18FNO. The third-order valence-corrected chi connectivity index (χ3v) is 3.04. The van der Waals surface area contributed by atoms with Gasteiger partial charge in [-0.1, -0.05) is 12.1 Å². The van der Waals surface area contributed by atoms with E-state index < -0.39 is 0 Å². The molecule has 0 fully saturated rings. The lowest BCUT2D eigenvalue weighted by atomic mass is 10.1. The summed E-state index contributed by atoms with van der Waals surface area (Å²) in [6.07, 6.45) is 0. The smallest absolute Gasteiger partial charge is 0.123 e.